The number of aryl methyl sites for hydroxylation is 1. The largest absolute Gasteiger partial charge is 0.441 e. The molecule has 0 spiro atoms. The van der Waals surface area contributed by atoms with Crippen molar-refractivity contribution in [1.29, 1.82) is 0 Å². The van der Waals surface area contributed by atoms with Gasteiger partial charge in [0.05, 0.1) is 6.20 Å². The second-order valence-electron chi connectivity index (χ2n) is 4.42. The first kappa shape index (κ1) is 10.9. The summed E-state index contributed by atoms with van der Waals surface area (Å²) in [5, 5.41) is 0. The average Bonchev–Trinajstić information content (AvgIpc) is 2.76. The van der Waals surface area contributed by atoms with E-state index in [4.69, 9.17) is 4.42 Å². The SMILES string of the molecule is CC(C)CCc1ncc(-c2ccccc2)o1. The van der Waals surface area contributed by atoms with Crippen LogP contribution in [0.25, 0.3) is 11.3 Å². The zero-order chi connectivity index (χ0) is 11.4. The van der Waals surface area contributed by atoms with Crippen LogP contribution >= 0.6 is 0 Å². The lowest BCUT2D eigenvalue weighted by Crippen LogP contribution is -1.91. The van der Waals surface area contributed by atoms with E-state index in [-0.39, 0.29) is 0 Å². The molecule has 2 heteroatoms. The maximum atomic E-state index is 5.71. The molecule has 0 unspecified atom stereocenters. The van der Waals surface area contributed by atoms with Gasteiger partial charge in [-0.25, -0.2) is 4.98 Å². The first-order chi connectivity index (χ1) is 7.75. The molecule has 16 heavy (non-hydrogen) atoms. The Labute approximate surface area is 96.3 Å². The predicted molar refractivity (Wildman–Crippen MR) is 65.1 cm³/mol. The molecule has 0 N–H and O–H groups in total. The molecule has 2 rings (SSSR count). The van der Waals surface area contributed by atoms with Crippen molar-refractivity contribution >= 4 is 0 Å². The number of nitrogens with zero attached hydrogens (tertiary/aromatic N) is 1. The van der Waals surface area contributed by atoms with Crippen LogP contribution in [-0.2, 0) is 6.42 Å². The van der Waals surface area contributed by atoms with Gasteiger partial charge in [0.25, 0.3) is 0 Å². The second-order valence-corrected chi connectivity index (χ2v) is 4.42. The zero-order valence-corrected chi connectivity index (χ0v) is 9.81. The number of rotatable bonds is 4. The lowest BCUT2D eigenvalue weighted by molar-refractivity contribution is 0.470. The van der Waals surface area contributed by atoms with E-state index in [1.54, 1.807) is 0 Å². The number of oxazole rings is 1. The van der Waals surface area contributed by atoms with Gasteiger partial charge in [-0.2, -0.15) is 0 Å². The van der Waals surface area contributed by atoms with Crippen LogP contribution in [0.2, 0.25) is 0 Å². The summed E-state index contributed by atoms with van der Waals surface area (Å²) in [5.41, 5.74) is 1.09. The molecule has 0 atom stereocenters. The van der Waals surface area contributed by atoms with Crippen molar-refractivity contribution in [2.75, 3.05) is 0 Å². The van der Waals surface area contributed by atoms with Crippen LogP contribution in [0.4, 0.5) is 0 Å². The first-order valence-corrected chi connectivity index (χ1v) is 5.76. The van der Waals surface area contributed by atoms with Crippen LogP contribution < -0.4 is 0 Å². The molecule has 0 bridgehead atoms. The highest BCUT2D eigenvalue weighted by Crippen LogP contribution is 2.20. The summed E-state index contributed by atoms with van der Waals surface area (Å²) < 4.78 is 5.71. The minimum Gasteiger partial charge on any atom is -0.441 e. The fraction of sp³-hybridized carbons (Fsp3) is 0.357. The first-order valence-electron chi connectivity index (χ1n) is 5.76. The molecule has 0 aliphatic rings. The van der Waals surface area contributed by atoms with Gasteiger partial charge in [0.2, 0.25) is 0 Å². The highest BCUT2D eigenvalue weighted by Gasteiger charge is 2.06. The Morgan fingerprint density at radius 1 is 1.19 bits per heavy atom. The van der Waals surface area contributed by atoms with Gasteiger partial charge in [-0.1, -0.05) is 44.2 Å². The van der Waals surface area contributed by atoms with Crippen LogP contribution in [0.5, 0.6) is 0 Å². The third kappa shape index (κ3) is 2.72. The van der Waals surface area contributed by atoms with E-state index in [1.807, 2.05) is 36.5 Å². The van der Waals surface area contributed by atoms with Crippen LogP contribution in [0.1, 0.15) is 26.2 Å². The Morgan fingerprint density at radius 2 is 1.94 bits per heavy atom. The van der Waals surface area contributed by atoms with Gasteiger partial charge in [-0.05, 0) is 12.3 Å². The molecule has 1 aromatic carbocycles. The van der Waals surface area contributed by atoms with E-state index in [0.29, 0.717) is 5.92 Å². The highest BCUT2D eigenvalue weighted by atomic mass is 16.4. The Hall–Kier alpha value is -1.57. The van der Waals surface area contributed by atoms with Crippen molar-refractivity contribution in [2.45, 2.75) is 26.7 Å². The minimum atomic E-state index is 0.687. The lowest BCUT2D eigenvalue weighted by atomic mass is 10.1. The van der Waals surface area contributed by atoms with Crippen molar-refractivity contribution in [3.8, 4) is 11.3 Å². The predicted octanol–water partition coefficient (Wildman–Crippen LogP) is 3.93. The van der Waals surface area contributed by atoms with Gasteiger partial charge >= 0.3 is 0 Å². The Morgan fingerprint density at radius 3 is 2.62 bits per heavy atom. The lowest BCUT2D eigenvalue weighted by Gasteiger charge is -2.00. The van der Waals surface area contributed by atoms with Crippen LogP contribution in [0.3, 0.4) is 0 Å². The summed E-state index contributed by atoms with van der Waals surface area (Å²) in [6.07, 6.45) is 3.85. The fourth-order valence-electron chi connectivity index (χ4n) is 1.57. The van der Waals surface area contributed by atoms with Gasteiger partial charge in [-0.15, -0.1) is 0 Å². The molecule has 0 saturated heterocycles. The molecule has 2 aromatic rings. The average molecular weight is 215 g/mol. The standard InChI is InChI=1S/C14H17NO/c1-11(2)8-9-14-15-10-13(16-14)12-6-4-3-5-7-12/h3-7,10-11H,8-9H2,1-2H3. The topological polar surface area (TPSA) is 26.0 Å². The van der Waals surface area contributed by atoms with Gasteiger partial charge in [0.1, 0.15) is 0 Å². The maximum absolute atomic E-state index is 5.71. The molecule has 0 fully saturated rings. The Balaban J connectivity index is 2.08. The van der Waals surface area contributed by atoms with E-state index in [1.165, 1.54) is 0 Å². The Bertz CT molecular complexity index is 431. The van der Waals surface area contributed by atoms with E-state index < -0.39 is 0 Å². The number of hydrogen-bond donors (Lipinski definition) is 0. The van der Waals surface area contributed by atoms with Gasteiger partial charge in [-0.3, -0.25) is 0 Å². The molecule has 0 amide bonds. The highest BCUT2D eigenvalue weighted by molar-refractivity contribution is 5.55. The van der Waals surface area contributed by atoms with Gasteiger partial charge in [0.15, 0.2) is 11.7 Å². The van der Waals surface area contributed by atoms with E-state index in [9.17, 15) is 0 Å². The summed E-state index contributed by atoms with van der Waals surface area (Å²) in [4.78, 5) is 4.30. The van der Waals surface area contributed by atoms with Crippen molar-refractivity contribution in [2.24, 2.45) is 5.92 Å². The number of aromatic nitrogens is 1. The molecule has 0 saturated carbocycles. The summed E-state index contributed by atoms with van der Waals surface area (Å²) in [6.45, 7) is 4.42. The minimum absolute atomic E-state index is 0.687. The second kappa shape index (κ2) is 4.97. The monoisotopic (exact) mass is 215 g/mol. The summed E-state index contributed by atoms with van der Waals surface area (Å²) in [5.74, 6) is 2.39. The van der Waals surface area contributed by atoms with Gasteiger partial charge < -0.3 is 4.42 Å². The molecular weight excluding hydrogens is 198 g/mol. The van der Waals surface area contributed by atoms with Crippen molar-refractivity contribution in [1.82, 2.24) is 4.98 Å². The summed E-state index contributed by atoms with van der Waals surface area (Å²) in [6, 6.07) is 10.1. The number of hydrogen-bond acceptors (Lipinski definition) is 2. The third-order valence-electron chi connectivity index (χ3n) is 2.55. The fourth-order valence-corrected chi connectivity index (χ4v) is 1.57. The molecule has 0 radical (unpaired) electrons. The van der Waals surface area contributed by atoms with Crippen LogP contribution in [0.15, 0.2) is 40.9 Å². The van der Waals surface area contributed by atoms with Crippen LogP contribution in [0, 0.1) is 5.92 Å². The third-order valence-corrected chi connectivity index (χ3v) is 2.55. The van der Waals surface area contributed by atoms with Gasteiger partial charge in [0, 0.05) is 12.0 Å². The van der Waals surface area contributed by atoms with Crippen molar-refractivity contribution in [3.63, 3.8) is 0 Å². The van der Waals surface area contributed by atoms with E-state index in [2.05, 4.69) is 18.8 Å². The van der Waals surface area contributed by atoms with E-state index in [0.717, 1.165) is 30.1 Å². The molecular formula is C14H17NO. The number of benzene rings is 1. The van der Waals surface area contributed by atoms with E-state index >= 15 is 0 Å². The quantitative estimate of drug-likeness (QED) is 0.772. The van der Waals surface area contributed by atoms with Crippen LogP contribution in [-0.4, -0.2) is 4.98 Å². The zero-order valence-electron chi connectivity index (χ0n) is 9.81. The normalized spacial score (nSPS) is 10.9. The molecule has 84 valence electrons. The van der Waals surface area contributed by atoms with Crippen molar-refractivity contribution in [3.05, 3.63) is 42.4 Å². The molecule has 1 aromatic heterocycles. The Kier molecular flexibility index (Phi) is 3.40. The molecule has 2 nitrogen and oxygen atoms in total. The summed E-state index contributed by atoms with van der Waals surface area (Å²) in [7, 11) is 0. The molecule has 0 aliphatic heterocycles. The molecule has 1 heterocycles. The van der Waals surface area contributed by atoms with Crippen molar-refractivity contribution < 1.29 is 4.42 Å². The summed E-state index contributed by atoms with van der Waals surface area (Å²) >= 11 is 0. The molecule has 0 aliphatic carbocycles. The smallest absolute Gasteiger partial charge is 0.194 e. The maximum Gasteiger partial charge on any atom is 0.194 e.